The van der Waals surface area contributed by atoms with Crippen LogP contribution in [0.15, 0.2) is 44.6 Å². The van der Waals surface area contributed by atoms with Crippen LogP contribution in [0.1, 0.15) is 16.7 Å². The van der Waals surface area contributed by atoms with Crippen LogP contribution >= 0.6 is 38.9 Å². The molecule has 2 aromatic heterocycles. The van der Waals surface area contributed by atoms with Gasteiger partial charge in [-0.1, -0.05) is 23.7 Å². The molecule has 0 aliphatic carbocycles. The molecule has 2 N–H and O–H groups in total. The number of halogens is 2. The van der Waals surface area contributed by atoms with Gasteiger partial charge < -0.3 is 10.2 Å². The minimum Gasteiger partial charge on any atom is -0.457 e. The third-order valence-corrected chi connectivity index (χ3v) is 4.79. The van der Waals surface area contributed by atoms with Crippen molar-refractivity contribution in [1.29, 1.82) is 0 Å². The Morgan fingerprint density at radius 1 is 1.33 bits per heavy atom. The molecule has 1 aromatic carbocycles. The predicted molar refractivity (Wildman–Crippen MR) is 79.3 cm³/mol. The molecule has 2 heterocycles. The summed E-state index contributed by atoms with van der Waals surface area (Å²) in [7, 11) is 0. The quantitative estimate of drug-likeness (QED) is 0.715. The lowest BCUT2D eigenvalue weighted by Crippen LogP contribution is -2.08. The summed E-state index contributed by atoms with van der Waals surface area (Å²) in [4.78, 5) is 1.05. The van der Waals surface area contributed by atoms with Gasteiger partial charge in [0.05, 0.1) is 11.1 Å². The molecule has 0 saturated heterocycles. The lowest BCUT2D eigenvalue weighted by molar-refractivity contribution is 0.528. The van der Waals surface area contributed by atoms with Crippen LogP contribution < -0.4 is 5.73 Å². The number of furan rings is 1. The highest BCUT2D eigenvalue weighted by atomic mass is 79.9. The van der Waals surface area contributed by atoms with E-state index in [1.54, 1.807) is 11.3 Å². The summed E-state index contributed by atoms with van der Waals surface area (Å²) in [5, 5.41) is 3.59. The molecule has 1 atom stereocenters. The standard InChI is InChI=1S/C13H9BrClNOS/c14-8-5-11(18-6-8)12(16)10-4-7-2-1-3-9(15)13(7)17-10/h1-6,12H,16H2. The number of hydrogen-bond acceptors (Lipinski definition) is 3. The van der Waals surface area contributed by atoms with Crippen LogP contribution in [0, 0.1) is 0 Å². The zero-order chi connectivity index (χ0) is 12.7. The minimum atomic E-state index is -0.259. The van der Waals surface area contributed by atoms with Crippen molar-refractivity contribution in [2.24, 2.45) is 5.73 Å². The van der Waals surface area contributed by atoms with Crippen LogP contribution in [0.3, 0.4) is 0 Å². The topological polar surface area (TPSA) is 39.2 Å². The number of hydrogen-bond donors (Lipinski definition) is 1. The van der Waals surface area contributed by atoms with Gasteiger partial charge >= 0.3 is 0 Å². The molecule has 0 saturated carbocycles. The van der Waals surface area contributed by atoms with Crippen LogP contribution in [0.4, 0.5) is 0 Å². The highest BCUT2D eigenvalue weighted by Gasteiger charge is 2.16. The molecule has 1 unspecified atom stereocenters. The van der Waals surface area contributed by atoms with E-state index in [2.05, 4.69) is 15.9 Å². The van der Waals surface area contributed by atoms with Crippen LogP contribution in [-0.2, 0) is 0 Å². The van der Waals surface area contributed by atoms with Gasteiger partial charge in [0, 0.05) is 20.1 Å². The van der Waals surface area contributed by atoms with Gasteiger partial charge in [-0.15, -0.1) is 11.3 Å². The predicted octanol–water partition coefficient (Wildman–Crippen LogP) is 4.96. The summed E-state index contributed by atoms with van der Waals surface area (Å²) in [5.74, 6) is 0.729. The first-order valence-electron chi connectivity index (χ1n) is 5.32. The van der Waals surface area contributed by atoms with Gasteiger partial charge in [-0.3, -0.25) is 0 Å². The summed E-state index contributed by atoms with van der Waals surface area (Å²) in [6.45, 7) is 0. The second-order valence-corrected chi connectivity index (χ2v) is 6.22. The average molecular weight is 343 g/mol. The number of thiophene rings is 1. The number of nitrogens with two attached hydrogens (primary N) is 1. The first-order valence-corrected chi connectivity index (χ1v) is 7.37. The Balaban J connectivity index is 2.06. The third-order valence-electron chi connectivity index (χ3n) is 2.72. The number of fused-ring (bicyclic) bond motifs is 1. The fourth-order valence-corrected chi connectivity index (χ4v) is 3.51. The molecule has 0 spiro atoms. The zero-order valence-corrected chi connectivity index (χ0v) is 12.3. The van der Waals surface area contributed by atoms with Crippen molar-refractivity contribution in [1.82, 2.24) is 0 Å². The Labute approximate surface area is 121 Å². The molecule has 0 aliphatic heterocycles. The lowest BCUT2D eigenvalue weighted by atomic mass is 10.2. The fraction of sp³-hybridized carbons (Fsp3) is 0.0769. The summed E-state index contributed by atoms with van der Waals surface area (Å²) in [5.41, 5.74) is 6.89. The Bertz CT molecular complexity index is 706. The maximum Gasteiger partial charge on any atom is 0.152 e. The SMILES string of the molecule is NC(c1cc2cccc(Cl)c2o1)c1cc(Br)cs1. The smallest absolute Gasteiger partial charge is 0.152 e. The largest absolute Gasteiger partial charge is 0.457 e. The Hall–Kier alpha value is -0.810. The van der Waals surface area contributed by atoms with Gasteiger partial charge in [-0.25, -0.2) is 0 Å². The molecule has 2 nitrogen and oxygen atoms in total. The molecule has 18 heavy (non-hydrogen) atoms. The van der Waals surface area contributed by atoms with Gasteiger partial charge in [0.15, 0.2) is 5.58 Å². The Kier molecular flexibility index (Phi) is 3.20. The third kappa shape index (κ3) is 2.10. The van der Waals surface area contributed by atoms with Crippen LogP contribution in [0.5, 0.6) is 0 Å². The van der Waals surface area contributed by atoms with Crippen molar-refractivity contribution in [2.45, 2.75) is 6.04 Å². The Morgan fingerprint density at radius 2 is 2.17 bits per heavy atom. The molecule has 0 fully saturated rings. The second-order valence-electron chi connectivity index (χ2n) is 3.95. The molecule has 3 aromatic rings. The van der Waals surface area contributed by atoms with E-state index < -0.39 is 0 Å². The average Bonchev–Trinajstić information content (AvgIpc) is 2.95. The van der Waals surface area contributed by atoms with Crippen LogP contribution in [0.25, 0.3) is 11.0 Å². The number of para-hydroxylation sites is 1. The molecule has 0 aliphatic rings. The molecular formula is C13H9BrClNOS. The lowest BCUT2D eigenvalue weighted by Gasteiger charge is -2.04. The monoisotopic (exact) mass is 341 g/mol. The highest BCUT2D eigenvalue weighted by Crippen LogP contribution is 2.33. The van der Waals surface area contributed by atoms with Gasteiger partial charge in [0.25, 0.3) is 0 Å². The van der Waals surface area contributed by atoms with Gasteiger partial charge in [0.2, 0.25) is 0 Å². The van der Waals surface area contributed by atoms with Gasteiger partial charge in [-0.05, 0) is 34.1 Å². The van der Waals surface area contributed by atoms with Crippen LogP contribution in [0.2, 0.25) is 5.02 Å². The van der Waals surface area contributed by atoms with Crippen molar-refractivity contribution >= 4 is 49.8 Å². The van der Waals surface area contributed by atoms with E-state index in [1.165, 1.54) is 0 Å². The van der Waals surface area contributed by atoms with Crippen LogP contribution in [-0.4, -0.2) is 0 Å². The zero-order valence-electron chi connectivity index (χ0n) is 9.19. The molecule has 0 bridgehead atoms. The summed E-state index contributed by atoms with van der Waals surface area (Å²) in [6, 6.07) is 9.36. The van der Waals surface area contributed by atoms with E-state index in [-0.39, 0.29) is 6.04 Å². The number of rotatable bonds is 2. The normalized spacial score (nSPS) is 13.1. The van der Waals surface area contributed by atoms with Crippen molar-refractivity contribution in [3.8, 4) is 0 Å². The van der Waals surface area contributed by atoms with Gasteiger partial charge in [-0.2, -0.15) is 0 Å². The maximum atomic E-state index is 6.20. The van der Waals surface area contributed by atoms with Crippen molar-refractivity contribution in [3.63, 3.8) is 0 Å². The van der Waals surface area contributed by atoms with E-state index in [9.17, 15) is 0 Å². The van der Waals surface area contributed by atoms with E-state index in [0.717, 1.165) is 20.5 Å². The summed E-state index contributed by atoms with van der Waals surface area (Å²) in [6.07, 6.45) is 0. The minimum absolute atomic E-state index is 0.259. The fourth-order valence-electron chi connectivity index (χ4n) is 1.83. The van der Waals surface area contributed by atoms with E-state index in [1.807, 2.05) is 35.7 Å². The maximum absolute atomic E-state index is 6.20. The van der Waals surface area contributed by atoms with Crippen molar-refractivity contribution < 1.29 is 4.42 Å². The molecule has 5 heteroatoms. The summed E-state index contributed by atoms with van der Waals surface area (Å²) >= 11 is 11.1. The summed E-state index contributed by atoms with van der Waals surface area (Å²) < 4.78 is 6.79. The highest BCUT2D eigenvalue weighted by molar-refractivity contribution is 9.10. The molecule has 92 valence electrons. The second kappa shape index (κ2) is 4.70. The van der Waals surface area contributed by atoms with Gasteiger partial charge in [0.1, 0.15) is 5.76 Å². The molecular weight excluding hydrogens is 334 g/mol. The van der Waals surface area contributed by atoms with Crippen molar-refractivity contribution in [2.75, 3.05) is 0 Å². The molecule has 0 radical (unpaired) electrons. The first kappa shape index (κ1) is 12.2. The number of benzene rings is 1. The van der Waals surface area contributed by atoms with E-state index in [0.29, 0.717) is 10.6 Å². The Morgan fingerprint density at radius 3 is 2.83 bits per heavy atom. The van der Waals surface area contributed by atoms with E-state index >= 15 is 0 Å². The first-order chi connectivity index (χ1) is 8.65. The van der Waals surface area contributed by atoms with E-state index in [4.69, 9.17) is 21.8 Å². The van der Waals surface area contributed by atoms with Crippen molar-refractivity contribution in [3.05, 3.63) is 55.8 Å². The molecule has 3 rings (SSSR count). The molecule has 0 amide bonds.